The summed E-state index contributed by atoms with van der Waals surface area (Å²) in [4.78, 5) is 18.3. The Balaban J connectivity index is 0. The van der Waals surface area contributed by atoms with Crippen LogP contribution in [-0.2, 0) is 31.3 Å². The zero-order chi connectivity index (χ0) is 16.8. The predicted molar refractivity (Wildman–Crippen MR) is 83.2 cm³/mol. The van der Waals surface area contributed by atoms with Gasteiger partial charge in [-0.1, -0.05) is 12.8 Å². The first-order valence-electron chi connectivity index (χ1n) is 6.41. The van der Waals surface area contributed by atoms with Crippen molar-refractivity contribution in [2.45, 2.75) is 25.7 Å². The van der Waals surface area contributed by atoms with E-state index >= 15 is 0 Å². The fourth-order valence-electron chi connectivity index (χ4n) is 1.51. The van der Waals surface area contributed by atoms with Gasteiger partial charge in [-0.05, 0) is 0 Å². The van der Waals surface area contributed by atoms with E-state index < -0.39 is 11.9 Å². The molecule has 2 rings (SSSR count). The van der Waals surface area contributed by atoms with Crippen LogP contribution in [0.1, 0.15) is 25.7 Å². The van der Waals surface area contributed by atoms with Gasteiger partial charge in [0.2, 0.25) is 0 Å². The van der Waals surface area contributed by atoms with Crippen molar-refractivity contribution >= 4 is 11.9 Å². The molecule has 0 amide bonds. The summed E-state index contributed by atoms with van der Waals surface area (Å²) in [6.45, 7) is 0. The van der Waals surface area contributed by atoms with Gasteiger partial charge in [-0.15, -0.1) is 25.7 Å². The summed E-state index contributed by atoms with van der Waals surface area (Å²) in [7, 11) is 0. The molecule has 5 heteroatoms. The van der Waals surface area contributed by atoms with Crippen LogP contribution in [0.3, 0.4) is 0 Å². The van der Waals surface area contributed by atoms with Gasteiger partial charge in [0.15, 0.2) is 0 Å². The van der Waals surface area contributed by atoms with E-state index in [1.54, 1.807) is 0 Å². The minimum absolute atomic E-state index is 0. The molecule has 0 fully saturated rings. The van der Waals surface area contributed by atoms with Crippen LogP contribution in [0.5, 0.6) is 0 Å². The summed E-state index contributed by atoms with van der Waals surface area (Å²) >= 11 is 0. The van der Waals surface area contributed by atoms with Crippen LogP contribution >= 0.6 is 0 Å². The van der Waals surface area contributed by atoms with Crippen molar-refractivity contribution < 1.29 is 41.5 Å². The summed E-state index contributed by atoms with van der Waals surface area (Å²) in [6.07, 6.45) is 28.2. The van der Waals surface area contributed by atoms with Crippen molar-refractivity contribution in [2.24, 2.45) is 0 Å². The number of terminal acetylenes is 2. The van der Waals surface area contributed by atoms with Crippen molar-refractivity contribution in [3.05, 3.63) is 47.6 Å². The normalized spacial score (nSPS) is 12.8. The van der Waals surface area contributed by atoms with Gasteiger partial charge in [0.25, 0.3) is 0 Å². The number of allylic oxidation sites excluding steroid dienone is 8. The third-order valence-corrected chi connectivity index (χ3v) is 2.44. The number of hydrogen-bond donors (Lipinski definition) is 2. The van der Waals surface area contributed by atoms with Gasteiger partial charge in [-0.2, -0.15) is 12.2 Å². The maximum atomic E-state index is 9.13. The number of aliphatic carboxylic acids is 2. The molecule has 0 spiro atoms. The molecule has 0 aromatic carbocycles. The molecule has 116 valence electrons. The largest absolute Gasteiger partial charge is 2.00 e. The first kappa shape index (κ1) is 23.0. The quantitative estimate of drug-likeness (QED) is 0.469. The van der Waals surface area contributed by atoms with E-state index in [0.717, 1.165) is 25.7 Å². The summed E-state index contributed by atoms with van der Waals surface area (Å²) in [5.74, 6) is 0.454. The third kappa shape index (κ3) is 14.4. The van der Waals surface area contributed by atoms with E-state index in [-0.39, 0.29) is 21.7 Å². The topological polar surface area (TPSA) is 74.6 Å². The summed E-state index contributed by atoms with van der Waals surface area (Å²) < 4.78 is 0. The third-order valence-electron chi connectivity index (χ3n) is 2.44. The minimum Gasteiger partial charge on any atom is -0.472 e. The molecular weight excluding hydrogens is 328 g/mol. The SMILES string of the molecule is C#CC(=O)O.C#CC(=O)O.[C-]1=C(CCC2=[C-]CC=C2)C=CC1.[Ti+2]. The van der Waals surface area contributed by atoms with Gasteiger partial charge < -0.3 is 10.2 Å². The van der Waals surface area contributed by atoms with E-state index in [2.05, 4.69) is 49.3 Å². The molecule has 23 heavy (non-hydrogen) atoms. The van der Waals surface area contributed by atoms with Gasteiger partial charge in [0.1, 0.15) is 0 Å². The standard InChI is InChI=1S/C12H12.2C3H2O2.Ti/c1-2-6-11(5-1)9-10-12-7-3-4-8-12;2*1-2-3(4)5;/h1,3,5,7H,2,4,9-10H2;2*1H,(H,4,5);/q-2;;;+2. The fourth-order valence-corrected chi connectivity index (χ4v) is 1.51. The minimum atomic E-state index is -1.22. The molecule has 0 saturated heterocycles. The van der Waals surface area contributed by atoms with Crippen molar-refractivity contribution in [1.29, 1.82) is 0 Å². The molecule has 2 N–H and O–H groups in total. The summed E-state index contributed by atoms with van der Waals surface area (Å²) in [6, 6.07) is 0. The first-order chi connectivity index (χ1) is 10.5. The molecule has 0 aromatic heterocycles. The van der Waals surface area contributed by atoms with Crippen LogP contribution in [0.25, 0.3) is 0 Å². The smallest absolute Gasteiger partial charge is 0.472 e. The molecule has 0 atom stereocenters. The van der Waals surface area contributed by atoms with Gasteiger partial charge in [0.05, 0.1) is 0 Å². The Labute approximate surface area is 151 Å². The Bertz CT molecular complexity index is 541. The van der Waals surface area contributed by atoms with Crippen LogP contribution in [-0.4, -0.2) is 22.2 Å². The van der Waals surface area contributed by atoms with Crippen molar-refractivity contribution in [2.75, 3.05) is 0 Å². The van der Waals surface area contributed by atoms with Crippen LogP contribution < -0.4 is 0 Å². The molecule has 0 saturated carbocycles. The van der Waals surface area contributed by atoms with E-state index in [9.17, 15) is 0 Å². The molecule has 0 radical (unpaired) electrons. The molecule has 0 heterocycles. The van der Waals surface area contributed by atoms with Gasteiger partial charge in [-0.3, -0.25) is 12.2 Å². The van der Waals surface area contributed by atoms with Crippen molar-refractivity contribution in [1.82, 2.24) is 0 Å². The van der Waals surface area contributed by atoms with Gasteiger partial charge >= 0.3 is 33.7 Å². The van der Waals surface area contributed by atoms with Gasteiger partial charge in [0, 0.05) is 11.8 Å². The monoisotopic (exact) mass is 344 g/mol. The van der Waals surface area contributed by atoms with Crippen LogP contribution in [0.15, 0.2) is 35.5 Å². The Morgan fingerprint density at radius 3 is 1.43 bits per heavy atom. The predicted octanol–water partition coefficient (Wildman–Crippen LogP) is 2.55. The van der Waals surface area contributed by atoms with E-state index in [1.165, 1.54) is 23.0 Å². The molecule has 0 aliphatic heterocycles. The van der Waals surface area contributed by atoms with Crippen molar-refractivity contribution in [3.8, 4) is 24.7 Å². The molecular formula is C18H16O4Ti. The zero-order valence-corrected chi connectivity index (χ0v) is 14.1. The number of rotatable bonds is 3. The number of hydrogen-bond acceptors (Lipinski definition) is 2. The van der Waals surface area contributed by atoms with Crippen LogP contribution in [0.2, 0.25) is 0 Å². The molecule has 2 aliphatic rings. The van der Waals surface area contributed by atoms with Crippen LogP contribution in [0, 0.1) is 36.8 Å². The van der Waals surface area contributed by atoms with E-state index in [4.69, 9.17) is 19.8 Å². The molecule has 0 bridgehead atoms. The molecule has 2 aliphatic carbocycles. The maximum Gasteiger partial charge on any atom is 2.00 e. The van der Waals surface area contributed by atoms with Gasteiger partial charge in [-0.25, -0.2) is 32.9 Å². The average molecular weight is 344 g/mol. The number of carbonyl (C=O) groups is 2. The summed E-state index contributed by atoms with van der Waals surface area (Å²) in [5, 5.41) is 15.0. The Hall–Kier alpha value is -2.27. The Morgan fingerprint density at radius 2 is 1.26 bits per heavy atom. The maximum absolute atomic E-state index is 9.13. The Morgan fingerprint density at radius 1 is 0.957 bits per heavy atom. The average Bonchev–Trinajstić information content (AvgIpc) is 3.19. The molecule has 4 nitrogen and oxygen atoms in total. The van der Waals surface area contributed by atoms with Crippen LogP contribution in [0.4, 0.5) is 0 Å². The zero-order valence-electron chi connectivity index (χ0n) is 12.5. The molecule has 0 aromatic rings. The summed E-state index contributed by atoms with van der Waals surface area (Å²) in [5.41, 5.74) is 2.73. The fraction of sp³-hybridized carbons (Fsp3) is 0.222. The first-order valence-corrected chi connectivity index (χ1v) is 6.41. The van der Waals surface area contributed by atoms with E-state index in [0.29, 0.717) is 0 Å². The second-order valence-electron chi connectivity index (χ2n) is 4.02. The van der Waals surface area contributed by atoms with E-state index in [1.807, 2.05) is 0 Å². The Kier molecular flexibility index (Phi) is 14.7. The molecule has 0 unspecified atom stereocenters. The second kappa shape index (κ2) is 14.7. The number of carboxylic acid groups (broad SMARTS) is 2. The second-order valence-corrected chi connectivity index (χ2v) is 4.02. The number of carboxylic acids is 2. The van der Waals surface area contributed by atoms with Crippen molar-refractivity contribution in [3.63, 3.8) is 0 Å².